The summed E-state index contributed by atoms with van der Waals surface area (Å²) in [5.41, 5.74) is 4.96. The van der Waals surface area contributed by atoms with Gasteiger partial charge in [-0.1, -0.05) is 30.7 Å². The summed E-state index contributed by atoms with van der Waals surface area (Å²) in [7, 11) is 0. The van der Waals surface area contributed by atoms with Gasteiger partial charge in [0, 0.05) is 12.6 Å². The van der Waals surface area contributed by atoms with Gasteiger partial charge in [-0.3, -0.25) is 25.8 Å². The van der Waals surface area contributed by atoms with Crippen molar-refractivity contribution in [2.45, 2.75) is 38.6 Å². The fraction of sp³-hybridized carbons (Fsp3) is 0.389. The highest BCUT2D eigenvalue weighted by molar-refractivity contribution is 6.33. The first kappa shape index (κ1) is 19.8. The van der Waals surface area contributed by atoms with Gasteiger partial charge >= 0.3 is 5.69 Å². The van der Waals surface area contributed by atoms with E-state index >= 15 is 0 Å². The zero-order valence-corrected chi connectivity index (χ0v) is 16.1. The number of carbonyl (C=O) groups is 1. The molecule has 1 saturated heterocycles. The van der Waals surface area contributed by atoms with E-state index in [9.17, 15) is 14.9 Å². The minimum atomic E-state index is -0.527. The van der Waals surface area contributed by atoms with Crippen LogP contribution < -0.4 is 15.8 Å². The van der Waals surface area contributed by atoms with Gasteiger partial charge in [0.1, 0.15) is 6.33 Å². The largest absolute Gasteiger partial charge is 0.355 e. The third kappa shape index (κ3) is 4.14. The van der Waals surface area contributed by atoms with Crippen LogP contribution in [0.25, 0.3) is 0 Å². The highest BCUT2D eigenvalue weighted by Gasteiger charge is 2.32. The van der Waals surface area contributed by atoms with Gasteiger partial charge in [0.05, 0.1) is 15.5 Å². The van der Waals surface area contributed by atoms with Crippen LogP contribution in [0.5, 0.6) is 0 Å². The van der Waals surface area contributed by atoms with E-state index in [1.807, 2.05) is 4.90 Å². The molecule has 9 nitrogen and oxygen atoms in total. The maximum absolute atomic E-state index is 12.3. The number of nitrogens with one attached hydrogen (secondary N) is 2. The first-order chi connectivity index (χ1) is 13.5. The number of aromatic nitrogens is 2. The molecule has 1 unspecified atom stereocenters. The summed E-state index contributed by atoms with van der Waals surface area (Å²) in [5, 5.41) is 12.1. The van der Waals surface area contributed by atoms with Crippen molar-refractivity contribution in [1.29, 1.82) is 0 Å². The highest BCUT2D eigenvalue weighted by atomic mass is 35.5. The molecule has 2 N–H and O–H groups in total. The van der Waals surface area contributed by atoms with Crippen molar-refractivity contribution >= 4 is 34.8 Å². The summed E-state index contributed by atoms with van der Waals surface area (Å²) in [5.74, 6) is -0.332. The summed E-state index contributed by atoms with van der Waals surface area (Å²) in [6.45, 7) is 2.75. The molecule has 1 aliphatic heterocycles. The van der Waals surface area contributed by atoms with Gasteiger partial charge in [-0.2, -0.15) is 0 Å². The second kappa shape index (κ2) is 8.83. The van der Waals surface area contributed by atoms with Crippen LogP contribution in [0.3, 0.4) is 0 Å². The van der Waals surface area contributed by atoms with Crippen LogP contribution >= 0.6 is 11.6 Å². The molecular formula is C18H21ClN6O3. The normalized spacial score (nSPS) is 16.5. The topological polar surface area (TPSA) is 113 Å². The average molecular weight is 405 g/mol. The molecule has 1 aromatic heterocycles. The summed E-state index contributed by atoms with van der Waals surface area (Å²) in [4.78, 5) is 33.7. The Bertz CT molecular complexity index is 878. The Morgan fingerprint density at radius 3 is 2.86 bits per heavy atom. The minimum absolute atomic E-state index is 0.0733. The number of nitrogens with zero attached hydrogens (tertiary/aromatic N) is 4. The molecule has 1 aromatic carbocycles. The zero-order chi connectivity index (χ0) is 20.1. The number of nitro groups is 1. The molecule has 10 heteroatoms. The maximum Gasteiger partial charge on any atom is 0.355 e. The van der Waals surface area contributed by atoms with Gasteiger partial charge < -0.3 is 4.90 Å². The first-order valence-corrected chi connectivity index (χ1v) is 9.47. The van der Waals surface area contributed by atoms with E-state index in [-0.39, 0.29) is 34.0 Å². The molecule has 0 aliphatic carbocycles. The monoisotopic (exact) mass is 404 g/mol. The number of hydrogen-bond donors (Lipinski definition) is 2. The number of anilines is 2. The summed E-state index contributed by atoms with van der Waals surface area (Å²) >= 11 is 6.01. The number of rotatable bonds is 6. The second-order valence-corrected chi connectivity index (χ2v) is 6.87. The first-order valence-electron chi connectivity index (χ1n) is 9.09. The van der Waals surface area contributed by atoms with Crippen LogP contribution in [0.4, 0.5) is 17.3 Å². The lowest BCUT2D eigenvalue weighted by molar-refractivity contribution is -0.383. The van der Waals surface area contributed by atoms with E-state index in [0.29, 0.717) is 6.54 Å². The number of halogens is 1. The zero-order valence-electron chi connectivity index (χ0n) is 15.4. The van der Waals surface area contributed by atoms with Crippen LogP contribution in [0.15, 0.2) is 30.6 Å². The van der Waals surface area contributed by atoms with Crippen molar-refractivity contribution in [2.75, 3.05) is 16.9 Å². The number of amides is 1. The number of benzene rings is 1. The predicted octanol–water partition coefficient (Wildman–Crippen LogP) is 3.56. The molecule has 0 bridgehead atoms. The van der Waals surface area contributed by atoms with E-state index in [0.717, 1.165) is 25.7 Å². The number of carbonyl (C=O) groups excluding carboxylic acids is 1. The maximum atomic E-state index is 12.3. The number of hydrazine groups is 1. The quantitative estimate of drug-likeness (QED) is 0.558. The standard InChI is InChI=1S/C18H21ClN6O3/c1-2-12-7-5-6-10-24(12)17-15(25(27)28)16(20-11-21-17)22-23-18(26)13-8-3-4-9-14(13)19/h3-4,8-9,11-12H,2,5-7,10H2,1H3,(H,23,26)(H,20,21,22). The number of piperidine rings is 1. The van der Waals surface area contributed by atoms with E-state index in [1.54, 1.807) is 24.3 Å². The van der Waals surface area contributed by atoms with Gasteiger partial charge in [0.15, 0.2) is 0 Å². The molecule has 2 aromatic rings. The molecule has 1 amide bonds. The molecule has 1 aliphatic rings. The molecule has 3 rings (SSSR count). The summed E-state index contributed by atoms with van der Waals surface area (Å²) < 4.78 is 0. The lowest BCUT2D eigenvalue weighted by Crippen LogP contribution is -2.40. The average Bonchev–Trinajstić information content (AvgIpc) is 2.71. The Kier molecular flexibility index (Phi) is 6.25. The van der Waals surface area contributed by atoms with Crippen LogP contribution in [0.1, 0.15) is 43.0 Å². The Morgan fingerprint density at radius 2 is 2.14 bits per heavy atom. The van der Waals surface area contributed by atoms with Crippen LogP contribution in [-0.4, -0.2) is 33.4 Å². The summed E-state index contributed by atoms with van der Waals surface area (Å²) in [6.07, 6.45) is 5.13. The molecule has 1 atom stereocenters. The molecular weight excluding hydrogens is 384 g/mol. The van der Waals surface area contributed by atoms with Crippen molar-refractivity contribution < 1.29 is 9.72 Å². The van der Waals surface area contributed by atoms with Crippen LogP contribution in [0, 0.1) is 10.1 Å². The Labute approximate surface area is 167 Å². The van der Waals surface area contributed by atoms with Crippen molar-refractivity contribution in [3.8, 4) is 0 Å². The lowest BCUT2D eigenvalue weighted by atomic mass is 10.00. The van der Waals surface area contributed by atoms with Gasteiger partial charge in [-0.25, -0.2) is 9.97 Å². The predicted molar refractivity (Wildman–Crippen MR) is 107 cm³/mol. The molecule has 0 saturated carbocycles. The molecule has 0 spiro atoms. The van der Waals surface area contributed by atoms with Crippen molar-refractivity contribution in [3.63, 3.8) is 0 Å². The molecule has 2 heterocycles. The van der Waals surface area contributed by atoms with Gasteiger partial charge in [-0.05, 0) is 37.8 Å². The molecule has 0 radical (unpaired) electrons. The van der Waals surface area contributed by atoms with Gasteiger partial charge in [0.25, 0.3) is 5.91 Å². The molecule has 148 valence electrons. The number of hydrogen-bond acceptors (Lipinski definition) is 7. The Hall–Kier alpha value is -2.94. The SMILES string of the molecule is CCC1CCCCN1c1ncnc(NNC(=O)c2ccccc2Cl)c1[N+](=O)[O-]. The highest BCUT2D eigenvalue weighted by Crippen LogP contribution is 2.35. The fourth-order valence-corrected chi connectivity index (χ4v) is 3.59. The minimum Gasteiger partial charge on any atom is -0.348 e. The van der Waals surface area contributed by atoms with Crippen molar-refractivity contribution in [3.05, 3.63) is 51.3 Å². The van der Waals surface area contributed by atoms with Crippen LogP contribution in [-0.2, 0) is 0 Å². The van der Waals surface area contributed by atoms with E-state index in [1.165, 1.54) is 6.33 Å². The van der Waals surface area contributed by atoms with Crippen molar-refractivity contribution in [2.24, 2.45) is 0 Å². The van der Waals surface area contributed by atoms with Crippen LogP contribution in [0.2, 0.25) is 5.02 Å². The van der Waals surface area contributed by atoms with Gasteiger partial charge in [0.2, 0.25) is 11.6 Å². The summed E-state index contributed by atoms with van der Waals surface area (Å²) in [6, 6.07) is 6.71. The smallest absolute Gasteiger partial charge is 0.348 e. The van der Waals surface area contributed by atoms with Gasteiger partial charge in [-0.15, -0.1) is 0 Å². The Balaban J connectivity index is 1.86. The molecule has 28 heavy (non-hydrogen) atoms. The third-order valence-electron chi connectivity index (χ3n) is 4.77. The second-order valence-electron chi connectivity index (χ2n) is 6.46. The third-order valence-corrected chi connectivity index (χ3v) is 5.10. The Morgan fingerprint density at radius 1 is 1.36 bits per heavy atom. The van der Waals surface area contributed by atoms with E-state index < -0.39 is 10.8 Å². The fourth-order valence-electron chi connectivity index (χ4n) is 3.37. The van der Waals surface area contributed by atoms with E-state index in [4.69, 9.17) is 11.6 Å². The molecule has 1 fully saturated rings. The lowest BCUT2D eigenvalue weighted by Gasteiger charge is -2.35. The van der Waals surface area contributed by atoms with E-state index in [2.05, 4.69) is 27.7 Å². The van der Waals surface area contributed by atoms with Crippen molar-refractivity contribution in [1.82, 2.24) is 15.4 Å².